The molecule has 2 aromatic rings. The molecule has 2 aromatic carbocycles. The summed E-state index contributed by atoms with van der Waals surface area (Å²) in [7, 11) is 0. The van der Waals surface area contributed by atoms with Crippen molar-refractivity contribution < 1.29 is 19.1 Å². The SMILES string of the molecule is CC[C@@]1(c2ccccc2)NC(=O)N(CC(=O)OCc2ccc(C)cc2)C1=O. The molecule has 0 aliphatic carbocycles. The number of aryl methyl sites for hydroxylation is 1. The normalized spacial score (nSPS) is 19.1. The van der Waals surface area contributed by atoms with E-state index in [0.717, 1.165) is 16.0 Å². The van der Waals surface area contributed by atoms with E-state index >= 15 is 0 Å². The number of hydrogen-bond acceptors (Lipinski definition) is 4. The van der Waals surface area contributed by atoms with Gasteiger partial charge >= 0.3 is 12.0 Å². The Hall–Kier alpha value is -3.15. The van der Waals surface area contributed by atoms with Gasteiger partial charge in [0, 0.05) is 0 Å². The molecular weight excluding hydrogens is 344 g/mol. The largest absolute Gasteiger partial charge is 0.459 e. The van der Waals surface area contributed by atoms with Gasteiger partial charge in [0.1, 0.15) is 18.7 Å². The minimum absolute atomic E-state index is 0.0976. The molecule has 140 valence electrons. The van der Waals surface area contributed by atoms with Crippen LogP contribution in [0, 0.1) is 6.92 Å². The number of esters is 1. The van der Waals surface area contributed by atoms with Crippen molar-refractivity contribution in [3.05, 3.63) is 71.3 Å². The van der Waals surface area contributed by atoms with Gasteiger partial charge in [0.25, 0.3) is 5.91 Å². The summed E-state index contributed by atoms with van der Waals surface area (Å²) in [5, 5.41) is 2.75. The Bertz CT molecular complexity index is 848. The Balaban J connectivity index is 1.68. The quantitative estimate of drug-likeness (QED) is 0.630. The van der Waals surface area contributed by atoms with Gasteiger partial charge in [-0.25, -0.2) is 4.79 Å². The summed E-state index contributed by atoms with van der Waals surface area (Å²) in [6.07, 6.45) is 0.385. The first-order chi connectivity index (χ1) is 13.0. The second-order valence-corrected chi connectivity index (χ2v) is 6.59. The summed E-state index contributed by atoms with van der Waals surface area (Å²) in [6, 6.07) is 16.1. The molecule has 1 heterocycles. The average molecular weight is 366 g/mol. The Labute approximate surface area is 158 Å². The van der Waals surface area contributed by atoms with Crippen molar-refractivity contribution in [2.45, 2.75) is 32.4 Å². The molecule has 0 bridgehead atoms. The number of nitrogens with zero attached hydrogens (tertiary/aromatic N) is 1. The average Bonchev–Trinajstić information content (AvgIpc) is 2.93. The van der Waals surface area contributed by atoms with E-state index in [-0.39, 0.29) is 6.61 Å². The zero-order valence-electron chi connectivity index (χ0n) is 15.4. The van der Waals surface area contributed by atoms with Crippen LogP contribution in [0.1, 0.15) is 30.0 Å². The molecule has 0 unspecified atom stereocenters. The number of imide groups is 1. The van der Waals surface area contributed by atoms with Gasteiger partial charge in [0.05, 0.1) is 0 Å². The minimum atomic E-state index is -1.14. The zero-order chi connectivity index (χ0) is 19.4. The topological polar surface area (TPSA) is 75.7 Å². The van der Waals surface area contributed by atoms with Crippen LogP contribution in [-0.4, -0.2) is 29.4 Å². The van der Waals surface area contributed by atoms with Gasteiger partial charge < -0.3 is 10.1 Å². The van der Waals surface area contributed by atoms with Crippen LogP contribution < -0.4 is 5.32 Å². The van der Waals surface area contributed by atoms with Crippen molar-refractivity contribution >= 4 is 17.9 Å². The van der Waals surface area contributed by atoms with E-state index in [4.69, 9.17) is 4.74 Å². The highest BCUT2D eigenvalue weighted by Gasteiger charge is 2.51. The maximum Gasteiger partial charge on any atom is 0.326 e. The number of amides is 3. The molecule has 1 saturated heterocycles. The second-order valence-electron chi connectivity index (χ2n) is 6.59. The molecule has 6 nitrogen and oxygen atoms in total. The molecule has 1 aliphatic rings. The second kappa shape index (κ2) is 7.61. The fourth-order valence-electron chi connectivity index (χ4n) is 3.15. The number of urea groups is 1. The van der Waals surface area contributed by atoms with Crippen LogP contribution in [0.4, 0.5) is 4.79 Å². The Morgan fingerprint density at radius 3 is 2.37 bits per heavy atom. The van der Waals surface area contributed by atoms with Gasteiger partial charge in [-0.1, -0.05) is 67.1 Å². The smallest absolute Gasteiger partial charge is 0.326 e. The maximum absolute atomic E-state index is 13.0. The minimum Gasteiger partial charge on any atom is -0.459 e. The maximum atomic E-state index is 13.0. The van der Waals surface area contributed by atoms with Crippen molar-refractivity contribution in [3.63, 3.8) is 0 Å². The van der Waals surface area contributed by atoms with Gasteiger partial charge in [-0.3, -0.25) is 14.5 Å². The molecule has 1 atom stereocenters. The zero-order valence-corrected chi connectivity index (χ0v) is 15.4. The van der Waals surface area contributed by atoms with Crippen molar-refractivity contribution in [2.24, 2.45) is 0 Å². The third-order valence-corrected chi connectivity index (χ3v) is 4.78. The van der Waals surface area contributed by atoms with Crippen LogP contribution in [0.3, 0.4) is 0 Å². The van der Waals surface area contributed by atoms with Crippen molar-refractivity contribution in [1.82, 2.24) is 10.2 Å². The Morgan fingerprint density at radius 2 is 1.74 bits per heavy atom. The molecule has 1 N–H and O–H groups in total. The summed E-state index contributed by atoms with van der Waals surface area (Å²) in [4.78, 5) is 38.4. The molecule has 0 saturated carbocycles. The molecule has 27 heavy (non-hydrogen) atoms. The number of carbonyl (C=O) groups excluding carboxylic acids is 3. The molecule has 3 amide bonds. The lowest BCUT2D eigenvalue weighted by Crippen LogP contribution is -2.43. The van der Waals surface area contributed by atoms with Gasteiger partial charge in [-0.15, -0.1) is 0 Å². The predicted octanol–water partition coefficient (Wildman–Crippen LogP) is 2.90. The number of hydrogen-bond donors (Lipinski definition) is 1. The van der Waals surface area contributed by atoms with Gasteiger partial charge in [0.15, 0.2) is 0 Å². The van der Waals surface area contributed by atoms with E-state index in [1.165, 1.54) is 0 Å². The Morgan fingerprint density at radius 1 is 1.07 bits per heavy atom. The van der Waals surface area contributed by atoms with E-state index < -0.39 is 30.0 Å². The third kappa shape index (κ3) is 3.69. The van der Waals surface area contributed by atoms with E-state index in [0.29, 0.717) is 12.0 Å². The first-order valence-corrected chi connectivity index (χ1v) is 8.87. The van der Waals surface area contributed by atoms with Crippen molar-refractivity contribution in [3.8, 4) is 0 Å². The fourth-order valence-corrected chi connectivity index (χ4v) is 3.15. The number of ether oxygens (including phenoxy) is 1. The van der Waals surface area contributed by atoms with E-state index in [2.05, 4.69) is 5.32 Å². The van der Waals surface area contributed by atoms with Crippen LogP contribution in [0.15, 0.2) is 54.6 Å². The van der Waals surface area contributed by atoms with Crippen LogP contribution in [-0.2, 0) is 26.5 Å². The molecule has 3 rings (SSSR count). The van der Waals surface area contributed by atoms with Crippen LogP contribution >= 0.6 is 0 Å². The summed E-state index contributed by atoms with van der Waals surface area (Å²) < 4.78 is 5.22. The fraction of sp³-hybridized carbons (Fsp3) is 0.286. The number of nitrogens with one attached hydrogen (secondary N) is 1. The van der Waals surface area contributed by atoms with Gasteiger partial charge in [-0.05, 0) is 24.5 Å². The molecule has 6 heteroatoms. The van der Waals surface area contributed by atoms with E-state index in [1.54, 1.807) is 12.1 Å². The Kier molecular flexibility index (Phi) is 5.26. The lowest BCUT2D eigenvalue weighted by atomic mass is 9.87. The number of rotatable bonds is 6. The van der Waals surface area contributed by atoms with Gasteiger partial charge in [-0.2, -0.15) is 0 Å². The summed E-state index contributed by atoms with van der Waals surface area (Å²) in [5.74, 6) is -1.06. The lowest BCUT2D eigenvalue weighted by molar-refractivity contribution is -0.149. The molecule has 0 spiro atoms. The first-order valence-electron chi connectivity index (χ1n) is 8.87. The third-order valence-electron chi connectivity index (χ3n) is 4.78. The summed E-state index contributed by atoms with van der Waals surface area (Å²) >= 11 is 0. The summed E-state index contributed by atoms with van der Waals surface area (Å²) in [5.41, 5.74) is 1.51. The first kappa shape index (κ1) is 18.6. The highest BCUT2D eigenvalue weighted by Crippen LogP contribution is 2.32. The van der Waals surface area contributed by atoms with E-state index in [9.17, 15) is 14.4 Å². The van der Waals surface area contributed by atoms with E-state index in [1.807, 2.05) is 56.3 Å². The highest BCUT2D eigenvalue weighted by molar-refractivity contribution is 6.09. The van der Waals surface area contributed by atoms with Crippen LogP contribution in [0.2, 0.25) is 0 Å². The number of benzene rings is 2. The lowest BCUT2D eigenvalue weighted by Gasteiger charge is -2.25. The van der Waals surface area contributed by atoms with Crippen molar-refractivity contribution in [1.29, 1.82) is 0 Å². The van der Waals surface area contributed by atoms with Crippen LogP contribution in [0.5, 0.6) is 0 Å². The molecular formula is C21H22N2O4. The monoisotopic (exact) mass is 366 g/mol. The highest BCUT2D eigenvalue weighted by atomic mass is 16.5. The molecule has 1 fully saturated rings. The standard InChI is InChI=1S/C21H22N2O4/c1-3-21(17-7-5-4-6-8-17)19(25)23(20(26)22-21)13-18(24)27-14-16-11-9-15(2)10-12-16/h4-12H,3,13-14H2,1-2H3,(H,22,26)/t21-/m0/s1. The van der Waals surface area contributed by atoms with Crippen molar-refractivity contribution in [2.75, 3.05) is 6.54 Å². The molecule has 1 aliphatic heterocycles. The van der Waals surface area contributed by atoms with Crippen LogP contribution in [0.25, 0.3) is 0 Å². The van der Waals surface area contributed by atoms with Gasteiger partial charge in [0.2, 0.25) is 0 Å². The molecule has 0 aromatic heterocycles. The summed E-state index contributed by atoms with van der Waals surface area (Å²) in [6.45, 7) is 3.48. The molecule has 0 radical (unpaired) electrons. The number of carbonyl (C=O) groups is 3. The predicted molar refractivity (Wildman–Crippen MR) is 99.6 cm³/mol.